The fourth-order valence-electron chi connectivity index (χ4n) is 3.23. The molecule has 98 valence electrons. The van der Waals surface area contributed by atoms with Crippen molar-refractivity contribution >= 4 is 0 Å². The van der Waals surface area contributed by atoms with Crippen molar-refractivity contribution in [2.75, 3.05) is 13.9 Å². The molecule has 2 aliphatic rings. The fraction of sp³-hybridized carbons (Fsp3) is 0.857. The van der Waals surface area contributed by atoms with Crippen molar-refractivity contribution in [1.82, 2.24) is 0 Å². The monoisotopic (exact) mass is 240 g/mol. The molecule has 3 nitrogen and oxygen atoms in total. The molecular formula is C14H24O3. The average molecular weight is 240 g/mol. The van der Waals surface area contributed by atoms with Gasteiger partial charge in [-0.15, -0.1) is 0 Å². The van der Waals surface area contributed by atoms with Crippen molar-refractivity contribution in [3.05, 3.63) is 11.6 Å². The molecule has 1 unspecified atom stereocenters. The van der Waals surface area contributed by atoms with Crippen LogP contribution in [0.3, 0.4) is 0 Å². The molecular weight excluding hydrogens is 216 g/mol. The normalized spacial score (nSPS) is 41.9. The van der Waals surface area contributed by atoms with E-state index >= 15 is 0 Å². The first-order valence-corrected chi connectivity index (χ1v) is 6.53. The first-order valence-electron chi connectivity index (χ1n) is 6.53. The van der Waals surface area contributed by atoms with Gasteiger partial charge in [-0.25, -0.2) is 0 Å². The molecule has 0 aromatic rings. The molecule has 0 saturated heterocycles. The van der Waals surface area contributed by atoms with Gasteiger partial charge in [0.05, 0.1) is 11.7 Å². The summed E-state index contributed by atoms with van der Waals surface area (Å²) in [5, 5.41) is 10.1. The Kier molecular flexibility index (Phi) is 3.62. The Hall–Kier alpha value is -0.380. The summed E-state index contributed by atoms with van der Waals surface area (Å²) in [6, 6.07) is 0. The van der Waals surface area contributed by atoms with E-state index in [0.717, 1.165) is 32.1 Å². The average Bonchev–Trinajstić information content (AvgIpc) is 2.27. The SMILES string of the molecule is COCO[C@H]1CCCC2=CC(C)(O)CC[C@]21C. The van der Waals surface area contributed by atoms with Crippen LogP contribution in [0.5, 0.6) is 0 Å². The first kappa shape index (κ1) is 13.1. The third-order valence-corrected chi connectivity index (χ3v) is 4.38. The van der Waals surface area contributed by atoms with Gasteiger partial charge in [-0.3, -0.25) is 0 Å². The molecule has 1 N–H and O–H groups in total. The van der Waals surface area contributed by atoms with Gasteiger partial charge in [-0.1, -0.05) is 18.6 Å². The van der Waals surface area contributed by atoms with Crippen molar-refractivity contribution in [1.29, 1.82) is 0 Å². The smallest absolute Gasteiger partial charge is 0.146 e. The van der Waals surface area contributed by atoms with Crippen molar-refractivity contribution in [3.63, 3.8) is 0 Å². The predicted molar refractivity (Wildman–Crippen MR) is 66.6 cm³/mol. The molecule has 0 aromatic heterocycles. The summed E-state index contributed by atoms with van der Waals surface area (Å²) < 4.78 is 10.8. The van der Waals surface area contributed by atoms with Gasteiger partial charge < -0.3 is 14.6 Å². The van der Waals surface area contributed by atoms with Gasteiger partial charge in [0.1, 0.15) is 6.79 Å². The van der Waals surface area contributed by atoms with Crippen molar-refractivity contribution in [2.45, 2.75) is 57.7 Å². The third-order valence-electron chi connectivity index (χ3n) is 4.38. The van der Waals surface area contributed by atoms with Crippen LogP contribution in [-0.2, 0) is 9.47 Å². The van der Waals surface area contributed by atoms with Crippen LogP contribution in [0.1, 0.15) is 46.0 Å². The van der Waals surface area contributed by atoms with Crippen LogP contribution in [0.25, 0.3) is 0 Å². The highest BCUT2D eigenvalue weighted by Gasteiger charge is 2.45. The Morgan fingerprint density at radius 1 is 1.41 bits per heavy atom. The summed E-state index contributed by atoms with van der Waals surface area (Å²) in [6.07, 6.45) is 7.46. The predicted octanol–water partition coefficient (Wildman–Crippen LogP) is 2.64. The minimum absolute atomic E-state index is 0.0962. The Morgan fingerprint density at radius 2 is 2.18 bits per heavy atom. The molecule has 0 spiro atoms. The molecule has 3 heteroatoms. The van der Waals surface area contributed by atoms with E-state index in [4.69, 9.17) is 9.47 Å². The van der Waals surface area contributed by atoms with Crippen LogP contribution in [-0.4, -0.2) is 30.7 Å². The Bertz CT molecular complexity index is 309. The highest BCUT2D eigenvalue weighted by Crippen LogP contribution is 2.50. The lowest BCUT2D eigenvalue weighted by Crippen LogP contribution is -2.45. The van der Waals surface area contributed by atoms with Crippen LogP contribution in [0.15, 0.2) is 11.6 Å². The number of methoxy groups -OCH3 is 1. The molecule has 1 saturated carbocycles. The maximum Gasteiger partial charge on any atom is 0.146 e. The van der Waals surface area contributed by atoms with E-state index in [2.05, 4.69) is 13.0 Å². The molecule has 0 bridgehead atoms. The number of fused-ring (bicyclic) bond motifs is 1. The summed E-state index contributed by atoms with van der Waals surface area (Å²) in [5.74, 6) is 0. The van der Waals surface area contributed by atoms with Gasteiger partial charge in [0, 0.05) is 12.5 Å². The van der Waals surface area contributed by atoms with Gasteiger partial charge in [-0.05, 0) is 39.0 Å². The lowest BCUT2D eigenvalue weighted by molar-refractivity contribution is -0.123. The number of rotatable bonds is 3. The maximum atomic E-state index is 10.1. The van der Waals surface area contributed by atoms with E-state index in [9.17, 15) is 5.11 Å². The number of hydrogen-bond donors (Lipinski definition) is 1. The van der Waals surface area contributed by atoms with E-state index in [1.807, 2.05) is 6.92 Å². The van der Waals surface area contributed by atoms with Gasteiger partial charge in [0.25, 0.3) is 0 Å². The molecule has 2 rings (SSSR count). The number of ether oxygens (including phenoxy) is 2. The highest BCUT2D eigenvalue weighted by molar-refractivity contribution is 5.26. The molecule has 2 aliphatic carbocycles. The summed E-state index contributed by atoms with van der Waals surface area (Å²) >= 11 is 0. The second-order valence-electron chi connectivity index (χ2n) is 5.90. The van der Waals surface area contributed by atoms with Crippen LogP contribution < -0.4 is 0 Å². The molecule has 0 amide bonds. The van der Waals surface area contributed by atoms with E-state index in [0.29, 0.717) is 6.79 Å². The molecule has 3 atom stereocenters. The van der Waals surface area contributed by atoms with Gasteiger partial charge in [-0.2, -0.15) is 0 Å². The Morgan fingerprint density at radius 3 is 2.88 bits per heavy atom. The van der Waals surface area contributed by atoms with E-state index in [1.165, 1.54) is 5.57 Å². The van der Waals surface area contributed by atoms with Gasteiger partial charge >= 0.3 is 0 Å². The summed E-state index contributed by atoms with van der Waals surface area (Å²) in [4.78, 5) is 0. The number of aliphatic hydroxyl groups is 1. The standard InChI is InChI=1S/C14H24O3/c1-13(15)7-8-14(2)11(9-13)5-4-6-12(14)17-10-16-3/h9,12,15H,4-8,10H2,1-3H3/t12-,13?,14+/m0/s1. The van der Waals surface area contributed by atoms with Crippen LogP contribution in [0.4, 0.5) is 0 Å². The van der Waals surface area contributed by atoms with Crippen LogP contribution in [0.2, 0.25) is 0 Å². The zero-order chi connectivity index (χ0) is 12.5. The summed E-state index contributed by atoms with van der Waals surface area (Å²) in [7, 11) is 1.66. The molecule has 0 heterocycles. The largest absolute Gasteiger partial charge is 0.386 e. The molecule has 1 fully saturated rings. The van der Waals surface area contributed by atoms with Gasteiger partial charge in [0.15, 0.2) is 0 Å². The minimum atomic E-state index is -0.627. The van der Waals surface area contributed by atoms with E-state index in [1.54, 1.807) is 7.11 Å². The topological polar surface area (TPSA) is 38.7 Å². The second-order valence-corrected chi connectivity index (χ2v) is 5.90. The lowest BCUT2D eigenvalue weighted by Gasteiger charge is -2.48. The van der Waals surface area contributed by atoms with Crippen molar-refractivity contribution in [3.8, 4) is 0 Å². The number of hydrogen-bond acceptors (Lipinski definition) is 3. The molecule has 0 aliphatic heterocycles. The molecule has 0 aromatic carbocycles. The zero-order valence-electron chi connectivity index (χ0n) is 11.2. The first-order chi connectivity index (χ1) is 7.98. The fourth-order valence-corrected chi connectivity index (χ4v) is 3.23. The molecule has 17 heavy (non-hydrogen) atoms. The van der Waals surface area contributed by atoms with Crippen molar-refractivity contribution in [2.24, 2.45) is 5.41 Å². The minimum Gasteiger partial charge on any atom is -0.386 e. The summed E-state index contributed by atoms with van der Waals surface area (Å²) in [6.45, 7) is 4.54. The van der Waals surface area contributed by atoms with E-state index in [-0.39, 0.29) is 11.5 Å². The Labute approximate surface area is 104 Å². The maximum absolute atomic E-state index is 10.1. The quantitative estimate of drug-likeness (QED) is 0.609. The van der Waals surface area contributed by atoms with Crippen molar-refractivity contribution < 1.29 is 14.6 Å². The van der Waals surface area contributed by atoms with E-state index < -0.39 is 5.60 Å². The van der Waals surface area contributed by atoms with Crippen LogP contribution >= 0.6 is 0 Å². The zero-order valence-corrected chi connectivity index (χ0v) is 11.2. The Balaban J connectivity index is 2.18. The second kappa shape index (κ2) is 4.71. The molecule has 0 radical (unpaired) electrons. The highest BCUT2D eigenvalue weighted by atomic mass is 16.7. The summed E-state index contributed by atoms with van der Waals surface area (Å²) in [5.41, 5.74) is 0.845. The lowest BCUT2D eigenvalue weighted by atomic mass is 9.62. The van der Waals surface area contributed by atoms with Gasteiger partial charge in [0.2, 0.25) is 0 Å². The van der Waals surface area contributed by atoms with Crippen LogP contribution in [0, 0.1) is 5.41 Å². The third kappa shape index (κ3) is 2.56.